The normalized spacial score (nSPS) is 10.8. The van der Waals surface area contributed by atoms with Gasteiger partial charge in [-0.05, 0) is 31.2 Å². The molecule has 0 saturated carbocycles. The number of pyridine rings is 1. The summed E-state index contributed by atoms with van der Waals surface area (Å²) in [5, 5.41) is 14.0. The first-order valence-electron chi connectivity index (χ1n) is 8.56. The molecule has 0 atom stereocenters. The predicted molar refractivity (Wildman–Crippen MR) is 105 cm³/mol. The van der Waals surface area contributed by atoms with Crippen LogP contribution >= 0.6 is 11.6 Å². The number of carbonyl (C=O) groups is 1. The standard InChI is InChI=1S/C21H15ClN4O2/c1-14-19(20(22)26(24-14)16-7-3-2-4-8-16)21(27)28-13-15-12-25-10-6-5-9-18(25)17(15)11-23/h2-10,12H,13H2,1H3. The second kappa shape index (κ2) is 7.22. The van der Waals surface area contributed by atoms with Gasteiger partial charge in [0.15, 0.2) is 0 Å². The minimum Gasteiger partial charge on any atom is -0.457 e. The van der Waals surface area contributed by atoms with Crippen molar-refractivity contribution in [3.05, 3.63) is 88.5 Å². The van der Waals surface area contributed by atoms with Crippen molar-refractivity contribution in [2.24, 2.45) is 0 Å². The molecule has 4 rings (SSSR count). The number of aromatic nitrogens is 3. The zero-order valence-corrected chi connectivity index (χ0v) is 15.7. The Morgan fingerprint density at radius 3 is 2.71 bits per heavy atom. The lowest BCUT2D eigenvalue weighted by molar-refractivity contribution is 0.0472. The largest absolute Gasteiger partial charge is 0.457 e. The Kier molecular flexibility index (Phi) is 4.60. The van der Waals surface area contributed by atoms with E-state index < -0.39 is 5.97 Å². The van der Waals surface area contributed by atoms with Gasteiger partial charge in [-0.3, -0.25) is 0 Å². The fourth-order valence-electron chi connectivity index (χ4n) is 3.10. The van der Waals surface area contributed by atoms with Crippen molar-refractivity contribution in [1.29, 1.82) is 5.26 Å². The molecule has 0 spiro atoms. The van der Waals surface area contributed by atoms with Gasteiger partial charge in [-0.1, -0.05) is 35.9 Å². The summed E-state index contributed by atoms with van der Waals surface area (Å²) >= 11 is 6.41. The Morgan fingerprint density at radius 2 is 1.96 bits per heavy atom. The van der Waals surface area contributed by atoms with Gasteiger partial charge in [0.05, 0.1) is 22.5 Å². The Labute approximate surface area is 166 Å². The van der Waals surface area contributed by atoms with Crippen LogP contribution in [0.25, 0.3) is 11.2 Å². The maximum atomic E-state index is 12.7. The van der Waals surface area contributed by atoms with E-state index in [1.54, 1.807) is 13.1 Å². The number of ether oxygens (including phenoxy) is 1. The van der Waals surface area contributed by atoms with Gasteiger partial charge < -0.3 is 9.14 Å². The average Bonchev–Trinajstić information content (AvgIpc) is 3.23. The Hall–Kier alpha value is -3.56. The van der Waals surface area contributed by atoms with Crippen LogP contribution in [-0.2, 0) is 11.3 Å². The first kappa shape index (κ1) is 17.8. The molecule has 3 heterocycles. The summed E-state index contributed by atoms with van der Waals surface area (Å²) in [4.78, 5) is 12.7. The summed E-state index contributed by atoms with van der Waals surface area (Å²) in [6, 6.07) is 17.0. The van der Waals surface area contributed by atoms with Gasteiger partial charge >= 0.3 is 5.97 Å². The van der Waals surface area contributed by atoms with Crippen LogP contribution in [0.15, 0.2) is 60.9 Å². The highest BCUT2D eigenvalue weighted by Gasteiger charge is 2.23. The lowest BCUT2D eigenvalue weighted by atomic mass is 10.2. The molecule has 6 nitrogen and oxygen atoms in total. The van der Waals surface area contributed by atoms with Crippen LogP contribution in [0.4, 0.5) is 0 Å². The van der Waals surface area contributed by atoms with Gasteiger partial charge in [0.1, 0.15) is 23.4 Å². The molecular weight excluding hydrogens is 376 g/mol. The van der Waals surface area contributed by atoms with Crippen LogP contribution in [0.5, 0.6) is 0 Å². The molecule has 0 N–H and O–H groups in total. The number of rotatable bonds is 4. The van der Waals surface area contributed by atoms with Crippen LogP contribution < -0.4 is 0 Å². The first-order chi connectivity index (χ1) is 13.6. The van der Waals surface area contributed by atoms with Crippen LogP contribution in [0.3, 0.4) is 0 Å². The van der Waals surface area contributed by atoms with Gasteiger partial charge in [0, 0.05) is 18.0 Å². The fourth-order valence-corrected chi connectivity index (χ4v) is 3.45. The number of nitrogens with zero attached hydrogens (tertiary/aromatic N) is 4. The molecule has 0 amide bonds. The third-order valence-corrected chi connectivity index (χ3v) is 4.79. The number of halogens is 1. The van der Waals surface area contributed by atoms with Gasteiger partial charge in [-0.25, -0.2) is 9.48 Å². The molecule has 0 aliphatic heterocycles. The third kappa shape index (κ3) is 3.02. The van der Waals surface area contributed by atoms with E-state index in [0.717, 1.165) is 11.2 Å². The van der Waals surface area contributed by atoms with E-state index >= 15 is 0 Å². The second-order valence-electron chi connectivity index (χ2n) is 6.21. The fraction of sp³-hybridized carbons (Fsp3) is 0.0952. The highest BCUT2D eigenvalue weighted by Crippen LogP contribution is 2.25. The zero-order valence-electron chi connectivity index (χ0n) is 15.0. The highest BCUT2D eigenvalue weighted by atomic mass is 35.5. The van der Waals surface area contributed by atoms with Gasteiger partial charge in [-0.2, -0.15) is 10.4 Å². The molecule has 0 saturated heterocycles. The smallest absolute Gasteiger partial charge is 0.343 e. The number of nitriles is 1. The lowest BCUT2D eigenvalue weighted by Crippen LogP contribution is -2.07. The van der Waals surface area contributed by atoms with Crippen LogP contribution in [0.2, 0.25) is 5.15 Å². The number of hydrogen-bond donors (Lipinski definition) is 0. The molecule has 0 aliphatic carbocycles. The van der Waals surface area contributed by atoms with Crippen molar-refractivity contribution in [2.45, 2.75) is 13.5 Å². The summed E-state index contributed by atoms with van der Waals surface area (Å²) in [7, 11) is 0. The molecule has 7 heteroatoms. The maximum Gasteiger partial charge on any atom is 0.343 e. The van der Waals surface area contributed by atoms with Crippen molar-refractivity contribution in [1.82, 2.24) is 14.2 Å². The monoisotopic (exact) mass is 390 g/mol. The molecule has 0 bridgehead atoms. The van der Waals surface area contributed by atoms with E-state index in [1.165, 1.54) is 4.68 Å². The van der Waals surface area contributed by atoms with E-state index in [9.17, 15) is 10.1 Å². The quantitative estimate of drug-likeness (QED) is 0.486. The number of hydrogen-bond acceptors (Lipinski definition) is 4. The number of para-hydroxylation sites is 1. The number of benzene rings is 1. The summed E-state index contributed by atoms with van der Waals surface area (Å²) < 4.78 is 8.78. The molecule has 0 unspecified atom stereocenters. The number of aryl methyl sites for hydroxylation is 1. The average molecular weight is 391 g/mol. The number of esters is 1. The van der Waals surface area contributed by atoms with Crippen molar-refractivity contribution < 1.29 is 9.53 Å². The first-order valence-corrected chi connectivity index (χ1v) is 8.94. The summed E-state index contributed by atoms with van der Waals surface area (Å²) in [6.45, 7) is 1.67. The molecule has 138 valence electrons. The van der Waals surface area contributed by atoms with E-state index in [1.807, 2.05) is 59.1 Å². The van der Waals surface area contributed by atoms with Crippen molar-refractivity contribution >= 4 is 23.1 Å². The van der Waals surface area contributed by atoms with Gasteiger partial charge in [0.25, 0.3) is 0 Å². The molecule has 1 aromatic carbocycles. The summed E-state index contributed by atoms with van der Waals surface area (Å²) in [6.07, 6.45) is 3.62. The van der Waals surface area contributed by atoms with Crippen molar-refractivity contribution in [3.8, 4) is 11.8 Å². The van der Waals surface area contributed by atoms with Gasteiger partial charge in [-0.15, -0.1) is 0 Å². The van der Waals surface area contributed by atoms with E-state index in [-0.39, 0.29) is 17.3 Å². The second-order valence-corrected chi connectivity index (χ2v) is 6.57. The summed E-state index contributed by atoms with van der Waals surface area (Å²) in [5.74, 6) is -0.580. The lowest BCUT2D eigenvalue weighted by Gasteiger charge is -2.05. The molecule has 0 fully saturated rings. The Morgan fingerprint density at radius 1 is 1.21 bits per heavy atom. The van der Waals surface area contributed by atoms with Crippen molar-refractivity contribution in [2.75, 3.05) is 0 Å². The van der Waals surface area contributed by atoms with Gasteiger partial charge in [0.2, 0.25) is 0 Å². The highest BCUT2D eigenvalue weighted by molar-refractivity contribution is 6.33. The van der Waals surface area contributed by atoms with Crippen LogP contribution in [-0.4, -0.2) is 20.2 Å². The van der Waals surface area contributed by atoms with Crippen LogP contribution in [0.1, 0.15) is 27.2 Å². The predicted octanol–water partition coefficient (Wildman–Crippen LogP) is 4.32. The molecule has 4 aromatic rings. The van der Waals surface area contributed by atoms with E-state index in [2.05, 4.69) is 11.2 Å². The molecular formula is C21H15ClN4O2. The maximum absolute atomic E-state index is 12.7. The Balaban J connectivity index is 1.60. The summed E-state index contributed by atoms with van der Waals surface area (Å²) in [5.41, 5.74) is 3.32. The Bertz CT molecular complexity index is 1220. The minimum atomic E-state index is -0.580. The van der Waals surface area contributed by atoms with Crippen LogP contribution in [0, 0.1) is 18.3 Å². The third-order valence-electron chi connectivity index (χ3n) is 4.44. The van der Waals surface area contributed by atoms with E-state index in [0.29, 0.717) is 16.8 Å². The SMILES string of the molecule is Cc1nn(-c2ccccc2)c(Cl)c1C(=O)OCc1cn2ccccc2c1C#N. The molecule has 0 aliphatic rings. The molecule has 3 aromatic heterocycles. The molecule has 0 radical (unpaired) electrons. The van der Waals surface area contributed by atoms with E-state index in [4.69, 9.17) is 16.3 Å². The molecule has 28 heavy (non-hydrogen) atoms. The zero-order chi connectivity index (χ0) is 19.7. The number of carbonyl (C=O) groups excluding carboxylic acids is 1. The topological polar surface area (TPSA) is 72.3 Å². The minimum absolute atomic E-state index is 0.0321. The van der Waals surface area contributed by atoms with Crippen molar-refractivity contribution in [3.63, 3.8) is 0 Å². The number of fused-ring (bicyclic) bond motifs is 1.